The van der Waals surface area contributed by atoms with Crippen molar-refractivity contribution in [3.63, 3.8) is 0 Å². The first-order valence-electron chi connectivity index (χ1n) is 10.7. The van der Waals surface area contributed by atoms with Crippen molar-refractivity contribution in [2.24, 2.45) is 5.73 Å². The van der Waals surface area contributed by atoms with E-state index >= 15 is 0 Å². The van der Waals surface area contributed by atoms with Gasteiger partial charge in [0.15, 0.2) is 0 Å². The predicted molar refractivity (Wildman–Crippen MR) is 123 cm³/mol. The molecule has 1 atom stereocenters. The summed E-state index contributed by atoms with van der Waals surface area (Å²) in [4.78, 5) is 35.5. The van der Waals surface area contributed by atoms with Crippen molar-refractivity contribution in [2.75, 3.05) is 19.7 Å². The van der Waals surface area contributed by atoms with Gasteiger partial charge < -0.3 is 19.8 Å². The van der Waals surface area contributed by atoms with Crippen molar-refractivity contribution in [2.45, 2.75) is 13.0 Å². The van der Waals surface area contributed by atoms with Gasteiger partial charge in [-0.3, -0.25) is 9.59 Å². The van der Waals surface area contributed by atoms with Crippen molar-refractivity contribution in [3.8, 4) is 11.3 Å². The molecule has 1 aliphatic heterocycles. The van der Waals surface area contributed by atoms with Crippen molar-refractivity contribution in [3.05, 3.63) is 89.5 Å². The van der Waals surface area contributed by atoms with Crippen LogP contribution in [0.15, 0.2) is 67.0 Å². The summed E-state index contributed by atoms with van der Waals surface area (Å²) in [7, 11) is 0. The van der Waals surface area contributed by atoms with Gasteiger partial charge in [0.1, 0.15) is 17.4 Å². The number of nitrogens with zero attached hydrogens (tertiary/aromatic N) is 4. The van der Waals surface area contributed by atoms with E-state index in [4.69, 9.17) is 15.5 Å². The molecule has 2 amide bonds. The number of ether oxygens (including phenoxy) is 1. The van der Waals surface area contributed by atoms with Gasteiger partial charge in [-0.25, -0.2) is 9.97 Å². The molecule has 1 aromatic carbocycles. The molecule has 4 heterocycles. The maximum atomic E-state index is 13.1. The Morgan fingerprint density at radius 2 is 1.91 bits per heavy atom. The third-order valence-corrected chi connectivity index (χ3v) is 5.75. The lowest BCUT2D eigenvalue weighted by atomic mass is 10.1. The molecule has 1 saturated heterocycles. The Kier molecular flexibility index (Phi) is 5.35. The summed E-state index contributed by atoms with van der Waals surface area (Å²) in [6.07, 6.45) is 3.32. The molecule has 8 nitrogen and oxygen atoms in total. The van der Waals surface area contributed by atoms with Crippen LogP contribution in [0.3, 0.4) is 0 Å². The lowest BCUT2D eigenvalue weighted by Gasteiger charge is -2.32. The van der Waals surface area contributed by atoms with Gasteiger partial charge in [0.05, 0.1) is 24.5 Å². The molecule has 5 rings (SSSR count). The minimum absolute atomic E-state index is 0.122. The number of amides is 2. The molecule has 0 spiro atoms. The second kappa shape index (κ2) is 8.48. The zero-order valence-electron chi connectivity index (χ0n) is 18.1. The Bertz CT molecular complexity index is 1350. The molecule has 0 bridgehead atoms. The van der Waals surface area contributed by atoms with Crippen LogP contribution >= 0.6 is 0 Å². The smallest absolute Gasteiger partial charge is 0.274 e. The Labute approximate surface area is 190 Å². The third kappa shape index (κ3) is 4.20. The van der Waals surface area contributed by atoms with Crippen LogP contribution in [0.5, 0.6) is 0 Å². The van der Waals surface area contributed by atoms with E-state index in [-0.39, 0.29) is 12.0 Å². The van der Waals surface area contributed by atoms with Crippen LogP contribution in [0.4, 0.5) is 0 Å². The van der Waals surface area contributed by atoms with Crippen molar-refractivity contribution >= 4 is 17.5 Å². The van der Waals surface area contributed by atoms with Crippen molar-refractivity contribution < 1.29 is 14.3 Å². The SMILES string of the molecule is Cc1ccn2cc(C(=O)N3CCO[C@H](c4cccc(-c5ccc(C(N)=O)cc5)n4)C3)nc2c1. The van der Waals surface area contributed by atoms with Crippen LogP contribution < -0.4 is 5.73 Å². The average Bonchev–Trinajstić information content (AvgIpc) is 3.27. The second-order valence-electron chi connectivity index (χ2n) is 8.10. The summed E-state index contributed by atoms with van der Waals surface area (Å²) in [5.41, 5.74) is 10.4. The van der Waals surface area contributed by atoms with Crippen LogP contribution in [0.25, 0.3) is 16.9 Å². The molecule has 0 radical (unpaired) electrons. The lowest BCUT2D eigenvalue weighted by Crippen LogP contribution is -2.42. The van der Waals surface area contributed by atoms with Crippen LogP contribution in [-0.2, 0) is 4.74 Å². The van der Waals surface area contributed by atoms with Crippen molar-refractivity contribution in [1.29, 1.82) is 0 Å². The number of nitrogens with two attached hydrogens (primary N) is 1. The Morgan fingerprint density at radius 3 is 2.70 bits per heavy atom. The first kappa shape index (κ1) is 20.8. The number of hydrogen-bond acceptors (Lipinski definition) is 5. The topological polar surface area (TPSA) is 103 Å². The van der Waals surface area contributed by atoms with E-state index in [1.54, 1.807) is 23.2 Å². The fourth-order valence-corrected chi connectivity index (χ4v) is 3.96. The molecule has 1 aliphatic rings. The van der Waals surface area contributed by atoms with Crippen LogP contribution in [0, 0.1) is 6.92 Å². The van der Waals surface area contributed by atoms with E-state index in [2.05, 4.69) is 4.98 Å². The number of aryl methyl sites for hydroxylation is 1. The monoisotopic (exact) mass is 441 g/mol. The minimum atomic E-state index is -0.468. The lowest BCUT2D eigenvalue weighted by molar-refractivity contribution is -0.0248. The number of primary amides is 1. The van der Waals surface area contributed by atoms with Gasteiger partial charge in [-0.05, 0) is 48.9 Å². The normalized spacial score (nSPS) is 16.2. The maximum Gasteiger partial charge on any atom is 0.274 e. The van der Waals surface area contributed by atoms with Crippen molar-refractivity contribution in [1.82, 2.24) is 19.3 Å². The second-order valence-corrected chi connectivity index (χ2v) is 8.10. The zero-order chi connectivity index (χ0) is 22.9. The Morgan fingerprint density at radius 1 is 1.09 bits per heavy atom. The van der Waals surface area contributed by atoms with Crippen LogP contribution in [0.1, 0.15) is 38.2 Å². The quantitative estimate of drug-likeness (QED) is 0.524. The predicted octanol–water partition coefficient (Wildman–Crippen LogP) is 3.02. The zero-order valence-corrected chi connectivity index (χ0v) is 18.1. The molecule has 4 aromatic rings. The number of pyridine rings is 2. The van der Waals surface area contributed by atoms with Crippen LogP contribution in [-0.4, -0.2) is 50.8 Å². The fraction of sp³-hybridized carbons (Fsp3) is 0.200. The summed E-state index contributed by atoms with van der Waals surface area (Å²) in [6, 6.07) is 16.6. The summed E-state index contributed by atoms with van der Waals surface area (Å²) in [5, 5.41) is 0. The highest BCUT2D eigenvalue weighted by molar-refractivity contribution is 5.93. The third-order valence-electron chi connectivity index (χ3n) is 5.75. The highest BCUT2D eigenvalue weighted by Crippen LogP contribution is 2.25. The molecule has 1 fully saturated rings. The van der Waals surface area contributed by atoms with Gasteiger partial charge >= 0.3 is 0 Å². The first-order chi connectivity index (χ1) is 16.0. The maximum absolute atomic E-state index is 13.1. The molecule has 8 heteroatoms. The molecule has 3 aromatic heterocycles. The molecule has 0 unspecified atom stereocenters. The number of hydrogen-bond donors (Lipinski definition) is 1. The van der Waals surface area contributed by atoms with Gasteiger partial charge in [-0.1, -0.05) is 18.2 Å². The van der Waals surface area contributed by atoms with E-state index in [0.29, 0.717) is 31.0 Å². The number of morpholine rings is 1. The van der Waals surface area contributed by atoms with E-state index < -0.39 is 5.91 Å². The van der Waals surface area contributed by atoms with E-state index in [0.717, 1.165) is 28.2 Å². The molecule has 166 valence electrons. The number of carbonyl (C=O) groups excluding carboxylic acids is 2. The van der Waals surface area contributed by atoms with Crippen LogP contribution in [0.2, 0.25) is 0 Å². The van der Waals surface area contributed by atoms with E-state index in [1.165, 1.54) is 0 Å². The minimum Gasteiger partial charge on any atom is -0.368 e. The summed E-state index contributed by atoms with van der Waals surface area (Å²) < 4.78 is 7.81. The first-order valence-corrected chi connectivity index (χ1v) is 10.7. The van der Waals surface area contributed by atoms with E-state index in [1.807, 2.05) is 60.0 Å². The molecule has 0 aliphatic carbocycles. The summed E-state index contributed by atoms with van der Waals surface area (Å²) >= 11 is 0. The van der Waals surface area contributed by atoms with E-state index in [9.17, 15) is 9.59 Å². The van der Waals surface area contributed by atoms with Gasteiger partial charge in [0.25, 0.3) is 5.91 Å². The van der Waals surface area contributed by atoms with Gasteiger partial charge in [0.2, 0.25) is 5.91 Å². The standard InChI is InChI=1S/C25H23N5O3/c1-16-9-10-29-14-21(28-23(29)13-16)25(32)30-11-12-33-22(15-30)20-4-2-3-19(27-20)17-5-7-18(8-6-17)24(26)31/h2-10,13-14,22H,11-12,15H2,1H3,(H2,26,31)/t22-/m0/s1. The molecule has 0 saturated carbocycles. The average molecular weight is 441 g/mol. The molecule has 33 heavy (non-hydrogen) atoms. The number of benzene rings is 1. The molecular formula is C25H23N5O3. The number of carbonyl (C=O) groups is 2. The summed E-state index contributed by atoms with van der Waals surface area (Å²) in [5.74, 6) is -0.591. The number of imidazole rings is 1. The number of rotatable bonds is 4. The Balaban J connectivity index is 1.35. The molecular weight excluding hydrogens is 418 g/mol. The fourth-order valence-electron chi connectivity index (χ4n) is 3.96. The summed E-state index contributed by atoms with van der Waals surface area (Å²) in [6.45, 7) is 3.30. The largest absolute Gasteiger partial charge is 0.368 e. The number of fused-ring (bicyclic) bond motifs is 1. The van der Waals surface area contributed by atoms with Gasteiger partial charge in [-0.15, -0.1) is 0 Å². The number of aromatic nitrogens is 3. The van der Waals surface area contributed by atoms with Gasteiger partial charge in [-0.2, -0.15) is 0 Å². The molecule has 2 N–H and O–H groups in total. The Hall–Kier alpha value is -4.04. The van der Waals surface area contributed by atoms with Gasteiger partial charge in [0, 0.05) is 30.1 Å². The highest BCUT2D eigenvalue weighted by Gasteiger charge is 2.28. The highest BCUT2D eigenvalue weighted by atomic mass is 16.5.